The Hall–Kier alpha value is -2.40. The summed E-state index contributed by atoms with van der Waals surface area (Å²) < 4.78 is 18.7. The van der Waals surface area contributed by atoms with Crippen LogP contribution >= 0.6 is 0 Å². The lowest BCUT2D eigenvalue weighted by atomic mass is 9.92. The van der Waals surface area contributed by atoms with E-state index < -0.39 is 11.7 Å². The Morgan fingerprint density at radius 3 is 2.75 bits per heavy atom. The second-order valence-corrected chi connectivity index (χ2v) is 6.21. The number of ether oxygens (including phenoxy) is 1. The summed E-state index contributed by atoms with van der Waals surface area (Å²) in [6.07, 6.45) is -0.0491. The van der Waals surface area contributed by atoms with Crippen molar-refractivity contribution in [1.29, 1.82) is 0 Å². The summed E-state index contributed by atoms with van der Waals surface area (Å²) in [6, 6.07) is 14.0. The van der Waals surface area contributed by atoms with Gasteiger partial charge in [-0.1, -0.05) is 42.5 Å². The van der Waals surface area contributed by atoms with Crippen molar-refractivity contribution >= 4 is 6.09 Å². The van der Waals surface area contributed by atoms with Gasteiger partial charge >= 0.3 is 6.09 Å². The Labute approximate surface area is 140 Å². The van der Waals surface area contributed by atoms with Gasteiger partial charge in [0.1, 0.15) is 18.0 Å². The van der Waals surface area contributed by atoms with Gasteiger partial charge in [0.15, 0.2) is 0 Å². The average molecular weight is 329 g/mol. The monoisotopic (exact) mass is 329 g/mol. The molecule has 24 heavy (non-hydrogen) atoms. The van der Waals surface area contributed by atoms with Gasteiger partial charge in [-0.3, -0.25) is 0 Å². The first-order chi connectivity index (χ1) is 11.5. The van der Waals surface area contributed by atoms with Gasteiger partial charge in [0.05, 0.1) is 6.54 Å². The Kier molecular flexibility index (Phi) is 4.53. The van der Waals surface area contributed by atoms with Crippen molar-refractivity contribution in [2.45, 2.75) is 25.6 Å². The molecule has 5 heteroatoms. The molecule has 1 fully saturated rings. The molecule has 1 heterocycles. The number of hydrogen-bond donors (Lipinski definition) is 1. The van der Waals surface area contributed by atoms with Gasteiger partial charge in [0.25, 0.3) is 0 Å². The van der Waals surface area contributed by atoms with E-state index in [0.29, 0.717) is 24.1 Å². The standard InChI is InChI=1S/C19H20FNO3/c1-14-11-16(7-8-17(14)20)19(23)9-10-21(13-19)18(22)24-12-15-5-3-2-4-6-15/h2-8,11,23H,9-10,12-13H2,1H3. The molecular formula is C19H20FNO3. The van der Waals surface area contributed by atoms with Crippen molar-refractivity contribution in [3.05, 3.63) is 71.0 Å². The van der Waals surface area contributed by atoms with E-state index in [0.717, 1.165) is 5.56 Å². The van der Waals surface area contributed by atoms with Crippen LogP contribution in [0.4, 0.5) is 9.18 Å². The first-order valence-corrected chi connectivity index (χ1v) is 7.92. The molecule has 2 aromatic carbocycles. The lowest BCUT2D eigenvalue weighted by Gasteiger charge is -2.24. The summed E-state index contributed by atoms with van der Waals surface area (Å²) in [7, 11) is 0. The smallest absolute Gasteiger partial charge is 0.410 e. The van der Waals surface area contributed by atoms with Crippen LogP contribution in [-0.4, -0.2) is 29.2 Å². The zero-order valence-electron chi connectivity index (χ0n) is 13.5. The van der Waals surface area contributed by atoms with Crippen molar-refractivity contribution in [2.24, 2.45) is 0 Å². The number of nitrogens with zero attached hydrogens (tertiary/aromatic N) is 1. The molecule has 1 atom stereocenters. The largest absolute Gasteiger partial charge is 0.445 e. The van der Waals surface area contributed by atoms with Gasteiger partial charge < -0.3 is 14.7 Å². The minimum Gasteiger partial charge on any atom is -0.445 e. The van der Waals surface area contributed by atoms with Crippen molar-refractivity contribution in [1.82, 2.24) is 4.90 Å². The van der Waals surface area contributed by atoms with Gasteiger partial charge in [-0.25, -0.2) is 9.18 Å². The van der Waals surface area contributed by atoms with Crippen LogP contribution in [0.5, 0.6) is 0 Å². The molecule has 4 nitrogen and oxygen atoms in total. The summed E-state index contributed by atoms with van der Waals surface area (Å²) in [4.78, 5) is 13.7. The molecule has 1 N–H and O–H groups in total. The van der Waals surface area contributed by atoms with Crippen molar-refractivity contribution in [3.63, 3.8) is 0 Å². The molecule has 1 amide bonds. The number of β-amino-alcohol motifs (C(OH)–C–C–N with tert-alkyl or cyclic N) is 1. The minimum atomic E-state index is -1.16. The van der Waals surface area contributed by atoms with Crippen LogP contribution in [-0.2, 0) is 16.9 Å². The maximum absolute atomic E-state index is 13.4. The van der Waals surface area contributed by atoms with E-state index in [4.69, 9.17) is 4.74 Å². The van der Waals surface area contributed by atoms with Gasteiger partial charge in [0, 0.05) is 6.54 Å². The van der Waals surface area contributed by atoms with Crippen LogP contribution in [0.3, 0.4) is 0 Å². The summed E-state index contributed by atoms with van der Waals surface area (Å²) >= 11 is 0. The second-order valence-electron chi connectivity index (χ2n) is 6.21. The van der Waals surface area contributed by atoms with E-state index >= 15 is 0 Å². The number of aryl methyl sites for hydroxylation is 1. The van der Waals surface area contributed by atoms with Crippen molar-refractivity contribution in [2.75, 3.05) is 13.1 Å². The van der Waals surface area contributed by atoms with E-state index in [1.165, 1.54) is 11.0 Å². The fourth-order valence-electron chi connectivity index (χ4n) is 2.93. The maximum atomic E-state index is 13.4. The van der Waals surface area contributed by atoms with Gasteiger partial charge in [-0.15, -0.1) is 0 Å². The van der Waals surface area contributed by atoms with Crippen LogP contribution in [0, 0.1) is 12.7 Å². The normalized spacial score (nSPS) is 20.2. The molecule has 0 radical (unpaired) electrons. The molecule has 1 unspecified atom stereocenters. The number of benzene rings is 2. The molecule has 0 saturated carbocycles. The number of hydrogen-bond acceptors (Lipinski definition) is 3. The van der Waals surface area contributed by atoms with E-state index in [1.807, 2.05) is 30.3 Å². The predicted octanol–water partition coefficient (Wildman–Crippen LogP) is 3.36. The molecule has 2 aromatic rings. The third-order valence-corrected chi connectivity index (χ3v) is 4.41. The summed E-state index contributed by atoms with van der Waals surface area (Å²) in [6.45, 7) is 2.40. The molecule has 0 aliphatic carbocycles. The van der Waals surface area contributed by atoms with E-state index in [1.54, 1.807) is 19.1 Å². The summed E-state index contributed by atoms with van der Waals surface area (Å²) in [5, 5.41) is 10.8. The van der Waals surface area contributed by atoms with Crippen LogP contribution in [0.15, 0.2) is 48.5 Å². The number of rotatable bonds is 3. The third kappa shape index (κ3) is 3.41. The molecule has 1 aliphatic heterocycles. The van der Waals surface area contributed by atoms with Crippen LogP contribution in [0.25, 0.3) is 0 Å². The fourth-order valence-corrected chi connectivity index (χ4v) is 2.93. The summed E-state index contributed by atoms with van der Waals surface area (Å²) in [5.74, 6) is -0.306. The number of aliphatic hydroxyl groups is 1. The molecule has 3 rings (SSSR count). The topological polar surface area (TPSA) is 49.8 Å². The van der Waals surface area contributed by atoms with Crippen LogP contribution < -0.4 is 0 Å². The zero-order valence-corrected chi connectivity index (χ0v) is 13.5. The number of carbonyl (C=O) groups excluding carboxylic acids is 1. The Morgan fingerprint density at radius 1 is 1.29 bits per heavy atom. The minimum absolute atomic E-state index is 0.145. The fraction of sp³-hybridized carbons (Fsp3) is 0.316. The first-order valence-electron chi connectivity index (χ1n) is 7.92. The molecule has 0 spiro atoms. The highest BCUT2D eigenvalue weighted by Crippen LogP contribution is 2.33. The molecule has 1 aliphatic rings. The third-order valence-electron chi connectivity index (χ3n) is 4.41. The lowest BCUT2D eigenvalue weighted by Crippen LogP contribution is -2.34. The van der Waals surface area contributed by atoms with Crippen LogP contribution in [0.1, 0.15) is 23.1 Å². The number of likely N-dealkylation sites (tertiary alicyclic amines) is 1. The van der Waals surface area contributed by atoms with E-state index in [9.17, 15) is 14.3 Å². The van der Waals surface area contributed by atoms with Gasteiger partial charge in [0.2, 0.25) is 0 Å². The maximum Gasteiger partial charge on any atom is 0.410 e. The number of carbonyl (C=O) groups is 1. The zero-order chi connectivity index (χ0) is 17.2. The Bertz CT molecular complexity index is 735. The Morgan fingerprint density at radius 2 is 2.04 bits per heavy atom. The van der Waals surface area contributed by atoms with Crippen molar-refractivity contribution in [3.8, 4) is 0 Å². The highest BCUT2D eigenvalue weighted by Gasteiger charge is 2.40. The SMILES string of the molecule is Cc1cc(C2(O)CCN(C(=O)OCc3ccccc3)C2)ccc1F. The summed E-state index contributed by atoms with van der Waals surface area (Å²) in [5.41, 5.74) is 0.852. The molecular weight excluding hydrogens is 309 g/mol. The van der Waals surface area contributed by atoms with Crippen LogP contribution in [0.2, 0.25) is 0 Å². The predicted molar refractivity (Wildman–Crippen MR) is 87.9 cm³/mol. The van der Waals surface area contributed by atoms with Gasteiger partial charge in [-0.2, -0.15) is 0 Å². The molecule has 1 saturated heterocycles. The van der Waals surface area contributed by atoms with E-state index in [2.05, 4.69) is 0 Å². The lowest BCUT2D eigenvalue weighted by molar-refractivity contribution is 0.0406. The second kappa shape index (κ2) is 6.61. The first kappa shape index (κ1) is 16.5. The Balaban J connectivity index is 1.63. The average Bonchev–Trinajstić information content (AvgIpc) is 3.00. The molecule has 0 bridgehead atoms. The number of halogens is 1. The molecule has 0 aromatic heterocycles. The quantitative estimate of drug-likeness (QED) is 0.939. The molecule has 126 valence electrons. The number of amides is 1. The van der Waals surface area contributed by atoms with Gasteiger partial charge in [-0.05, 0) is 36.1 Å². The van der Waals surface area contributed by atoms with Crippen molar-refractivity contribution < 1.29 is 19.0 Å². The van der Waals surface area contributed by atoms with E-state index in [-0.39, 0.29) is 19.0 Å². The highest BCUT2D eigenvalue weighted by molar-refractivity contribution is 5.68. The highest BCUT2D eigenvalue weighted by atomic mass is 19.1.